The van der Waals surface area contributed by atoms with Crippen LogP contribution in [0.5, 0.6) is 0 Å². The van der Waals surface area contributed by atoms with Gasteiger partial charge in [-0.05, 0) is 42.3 Å². The highest BCUT2D eigenvalue weighted by atomic mass is 79.9. The molecule has 2 aromatic carbocycles. The van der Waals surface area contributed by atoms with Crippen LogP contribution in [-0.2, 0) is 0 Å². The third-order valence-electron chi connectivity index (χ3n) is 2.30. The van der Waals surface area contributed by atoms with Gasteiger partial charge in [-0.25, -0.2) is 0 Å². The molecule has 86 valence electrons. The fourth-order valence-corrected chi connectivity index (χ4v) is 1.71. The molecule has 17 heavy (non-hydrogen) atoms. The lowest BCUT2D eigenvalue weighted by Gasteiger charge is -2.00. The van der Waals surface area contributed by atoms with Crippen LogP contribution in [0.1, 0.15) is 11.1 Å². The summed E-state index contributed by atoms with van der Waals surface area (Å²) < 4.78 is 1.07. The molecular formula is C14H13BrN2. The lowest BCUT2D eigenvalue weighted by atomic mass is 10.2. The molecule has 0 aliphatic heterocycles. The molecule has 0 aliphatic carbocycles. The number of hydrazone groups is 1. The van der Waals surface area contributed by atoms with E-state index in [0.717, 1.165) is 15.7 Å². The average Bonchev–Trinajstić information content (AvgIpc) is 2.32. The molecule has 0 aromatic heterocycles. The first-order valence-electron chi connectivity index (χ1n) is 5.35. The SMILES string of the molecule is Cc1cccc(N/N=C/c2ccc(Br)cc2)c1. The van der Waals surface area contributed by atoms with Crippen LogP contribution in [0.25, 0.3) is 0 Å². The molecule has 0 aliphatic rings. The molecule has 2 rings (SSSR count). The third-order valence-corrected chi connectivity index (χ3v) is 2.82. The highest BCUT2D eigenvalue weighted by molar-refractivity contribution is 9.10. The zero-order chi connectivity index (χ0) is 12.1. The van der Waals surface area contributed by atoms with Crippen molar-refractivity contribution in [1.29, 1.82) is 0 Å². The van der Waals surface area contributed by atoms with Crippen molar-refractivity contribution < 1.29 is 0 Å². The molecule has 0 saturated heterocycles. The highest BCUT2D eigenvalue weighted by Gasteiger charge is 1.90. The zero-order valence-corrected chi connectivity index (χ0v) is 11.1. The Morgan fingerprint density at radius 1 is 1.12 bits per heavy atom. The van der Waals surface area contributed by atoms with E-state index in [1.165, 1.54) is 5.56 Å². The molecule has 0 unspecified atom stereocenters. The van der Waals surface area contributed by atoms with Crippen molar-refractivity contribution in [1.82, 2.24) is 0 Å². The van der Waals surface area contributed by atoms with Gasteiger partial charge in [-0.15, -0.1) is 0 Å². The Kier molecular flexibility index (Phi) is 3.94. The quantitative estimate of drug-likeness (QED) is 0.664. The Morgan fingerprint density at radius 2 is 1.88 bits per heavy atom. The van der Waals surface area contributed by atoms with Crippen molar-refractivity contribution >= 4 is 27.8 Å². The first kappa shape index (κ1) is 11.9. The van der Waals surface area contributed by atoms with Crippen molar-refractivity contribution in [3.63, 3.8) is 0 Å². The number of nitrogens with one attached hydrogen (secondary N) is 1. The van der Waals surface area contributed by atoms with E-state index < -0.39 is 0 Å². The van der Waals surface area contributed by atoms with Gasteiger partial charge in [0.15, 0.2) is 0 Å². The molecule has 0 amide bonds. The van der Waals surface area contributed by atoms with Crippen LogP contribution in [-0.4, -0.2) is 6.21 Å². The first-order chi connectivity index (χ1) is 8.24. The molecule has 0 bridgehead atoms. The number of halogens is 1. The Hall–Kier alpha value is -1.61. The number of hydrogen-bond acceptors (Lipinski definition) is 2. The summed E-state index contributed by atoms with van der Waals surface area (Å²) in [5.41, 5.74) is 6.28. The lowest BCUT2D eigenvalue weighted by Crippen LogP contribution is -1.90. The highest BCUT2D eigenvalue weighted by Crippen LogP contribution is 2.10. The summed E-state index contributed by atoms with van der Waals surface area (Å²) in [6.45, 7) is 2.06. The third kappa shape index (κ3) is 3.71. The smallest absolute Gasteiger partial charge is 0.0564 e. The van der Waals surface area contributed by atoms with Crippen LogP contribution in [0.15, 0.2) is 58.1 Å². The molecule has 1 N–H and O–H groups in total. The van der Waals surface area contributed by atoms with Crippen LogP contribution in [0, 0.1) is 6.92 Å². The van der Waals surface area contributed by atoms with E-state index in [0.29, 0.717) is 0 Å². The van der Waals surface area contributed by atoms with Crippen LogP contribution in [0.2, 0.25) is 0 Å². The van der Waals surface area contributed by atoms with Crippen LogP contribution in [0.3, 0.4) is 0 Å². The normalized spacial score (nSPS) is 10.7. The van der Waals surface area contributed by atoms with E-state index in [2.05, 4.69) is 45.5 Å². The van der Waals surface area contributed by atoms with Crippen molar-refractivity contribution in [2.24, 2.45) is 5.10 Å². The zero-order valence-electron chi connectivity index (χ0n) is 9.52. The topological polar surface area (TPSA) is 24.4 Å². The van der Waals surface area contributed by atoms with E-state index >= 15 is 0 Å². The van der Waals surface area contributed by atoms with Gasteiger partial charge in [-0.2, -0.15) is 5.10 Å². The number of hydrogen-bond donors (Lipinski definition) is 1. The fraction of sp³-hybridized carbons (Fsp3) is 0.0714. The second-order valence-electron chi connectivity index (χ2n) is 3.79. The molecule has 0 fully saturated rings. The van der Waals surface area contributed by atoms with Crippen LogP contribution >= 0.6 is 15.9 Å². The summed E-state index contributed by atoms with van der Waals surface area (Å²) in [6.07, 6.45) is 1.80. The van der Waals surface area contributed by atoms with Crippen molar-refractivity contribution in [2.45, 2.75) is 6.92 Å². The summed E-state index contributed by atoms with van der Waals surface area (Å²) in [5.74, 6) is 0. The van der Waals surface area contributed by atoms with E-state index in [9.17, 15) is 0 Å². The number of rotatable bonds is 3. The van der Waals surface area contributed by atoms with E-state index in [-0.39, 0.29) is 0 Å². The maximum atomic E-state index is 4.19. The van der Waals surface area contributed by atoms with Crippen molar-refractivity contribution in [2.75, 3.05) is 5.43 Å². The van der Waals surface area contributed by atoms with Crippen LogP contribution in [0.4, 0.5) is 5.69 Å². The van der Waals surface area contributed by atoms with E-state index in [1.807, 2.05) is 36.4 Å². The van der Waals surface area contributed by atoms with Gasteiger partial charge < -0.3 is 0 Å². The predicted octanol–water partition coefficient (Wildman–Crippen LogP) is 4.20. The Balaban J connectivity index is 2.00. The molecule has 3 heteroatoms. The molecule has 0 radical (unpaired) electrons. The minimum Gasteiger partial charge on any atom is -0.278 e. The number of nitrogens with zero attached hydrogens (tertiary/aromatic N) is 1. The molecule has 0 atom stereocenters. The van der Waals surface area contributed by atoms with Crippen molar-refractivity contribution in [3.8, 4) is 0 Å². The number of anilines is 1. The minimum atomic E-state index is 0.998. The summed E-state index contributed by atoms with van der Waals surface area (Å²) >= 11 is 3.40. The first-order valence-corrected chi connectivity index (χ1v) is 6.15. The summed E-state index contributed by atoms with van der Waals surface area (Å²) in [6, 6.07) is 16.1. The standard InChI is InChI=1S/C14H13BrN2/c1-11-3-2-4-14(9-11)17-16-10-12-5-7-13(15)8-6-12/h2-10,17H,1H3/b16-10+. The Bertz CT molecular complexity index is 518. The maximum absolute atomic E-state index is 4.19. The molecule has 0 heterocycles. The Morgan fingerprint density at radius 3 is 2.59 bits per heavy atom. The van der Waals surface area contributed by atoms with Crippen molar-refractivity contribution in [3.05, 3.63) is 64.1 Å². The molecule has 2 nitrogen and oxygen atoms in total. The molecule has 0 spiro atoms. The van der Waals surface area contributed by atoms with Gasteiger partial charge in [-0.3, -0.25) is 5.43 Å². The predicted molar refractivity (Wildman–Crippen MR) is 76.5 cm³/mol. The average molecular weight is 289 g/mol. The van der Waals surface area contributed by atoms with Gasteiger partial charge in [-0.1, -0.05) is 40.2 Å². The molecule has 2 aromatic rings. The largest absolute Gasteiger partial charge is 0.278 e. The van der Waals surface area contributed by atoms with Gasteiger partial charge in [0.05, 0.1) is 11.9 Å². The van der Waals surface area contributed by atoms with Gasteiger partial charge in [0.1, 0.15) is 0 Å². The summed E-state index contributed by atoms with van der Waals surface area (Å²) in [5, 5.41) is 4.19. The summed E-state index contributed by atoms with van der Waals surface area (Å²) in [7, 11) is 0. The summed E-state index contributed by atoms with van der Waals surface area (Å²) in [4.78, 5) is 0. The maximum Gasteiger partial charge on any atom is 0.0564 e. The van der Waals surface area contributed by atoms with Gasteiger partial charge in [0.25, 0.3) is 0 Å². The second-order valence-corrected chi connectivity index (χ2v) is 4.71. The molecular weight excluding hydrogens is 276 g/mol. The number of aryl methyl sites for hydroxylation is 1. The lowest BCUT2D eigenvalue weighted by molar-refractivity contribution is 1.33. The Labute approximate surface area is 110 Å². The van der Waals surface area contributed by atoms with Gasteiger partial charge >= 0.3 is 0 Å². The van der Waals surface area contributed by atoms with Crippen LogP contribution < -0.4 is 5.43 Å². The van der Waals surface area contributed by atoms with Gasteiger partial charge in [0.2, 0.25) is 0 Å². The second kappa shape index (κ2) is 5.64. The number of benzene rings is 2. The fourth-order valence-electron chi connectivity index (χ4n) is 1.44. The minimum absolute atomic E-state index is 0.998. The molecule has 0 saturated carbocycles. The van der Waals surface area contributed by atoms with E-state index in [4.69, 9.17) is 0 Å². The van der Waals surface area contributed by atoms with E-state index in [1.54, 1.807) is 6.21 Å². The van der Waals surface area contributed by atoms with Gasteiger partial charge in [0, 0.05) is 4.47 Å². The monoisotopic (exact) mass is 288 g/mol.